The van der Waals surface area contributed by atoms with Crippen molar-refractivity contribution in [2.75, 3.05) is 0 Å². The van der Waals surface area contributed by atoms with Crippen molar-refractivity contribution in [3.63, 3.8) is 0 Å². The largest absolute Gasteiger partial charge is 0.364 e. The number of hydrogen-bond donors (Lipinski definition) is 0. The minimum absolute atomic E-state index is 0.299. The number of aromatic nitrogens is 1. The molecule has 0 aromatic carbocycles. The first kappa shape index (κ1) is 7.19. The Hall–Kier alpha value is 0.0800. The molecule has 0 radical (unpaired) electrons. The molecule has 0 spiro atoms. The Kier molecular flexibility index (Phi) is 1.89. The van der Waals surface area contributed by atoms with E-state index in [0.29, 0.717) is 5.69 Å². The Bertz CT molecular complexity index is 178. The maximum Gasteiger partial charge on any atom is 0.235 e. The first-order valence-corrected chi connectivity index (χ1v) is 3.21. The molecule has 50 valence electrons. The summed E-state index contributed by atoms with van der Waals surface area (Å²) in [6.45, 7) is 0. The van der Waals surface area contributed by atoms with Gasteiger partial charge in [-0.15, -0.1) is 0 Å². The van der Waals surface area contributed by atoms with Crippen LogP contribution in [-0.2, 0) is 3.79 Å². The molecule has 2 nitrogen and oxygen atoms in total. The highest BCUT2D eigenvalue weighted by atomic mass is 35.6. The van der Waals surface area contributed by atoms with E-state index < -0.39 is 3.79 Å². The lowest BCUT2D eigenvalue weighted by atomic mass is 10.5. The first-order chi connectivity index (χ1) is 4.11. The normalized spacial score (nSPS) is 11.9. The van der Waals surface area contributed by atoms with Crippen LogP contribution in [0.25, 0.3) is 0 Å². The molecule has 1 heterocycles. The molecule has 9 heavy (non-hydrogen) atoms. The van der Waals surface area contributed by atoms with Gasteiger partial charge in [0.05, 0.1) is 0 Å². The highest BCUT2D eigenvalue weighted by Gasteiger charge is 2.25. The Morgan fingerprint density at radius 3 is 2.33 bits per heavy atom. The second kappa shape index (κ2) is 2.37. The van der Waals surface area contributed by atoms with Crippen molar-refractivity contribution >= 4 is 34.8 Å². The van der Waals surface area contributed by atoms with Crippen molar-refractivity contribution in [3.8, 4) is 0 Å². The summed E-state index contributed by atoms with van der Waals surface area (Å²) in [6, 6.07) is 1.49. The molecule has 0 unspecified atom stereocenters. The fourth-order valence-corrected chi connectivity index (χ4v) is 0.651. The van der Waals surface area contributed by atoms with Gasteiger partial charge in [-0.2, -0.15) is 0 Å². The number of rotatable bonds is 0. The first-order valence-electron chi connectivity index (χ1n) is 2.08. The molecule has 1 aromatic heterocycles. The van der Waals surface area contributed by atoms with Crippen LogP contribution in [0.4, 0.5) is 0 Å². The SMILES string of the molecule is ClC(Cl)(Cl)c1ccon1. The summed E-state index contributed by atoms with van der Waals surface area (Å²) in [4.78, 5) is 0. The average Bonchev–Trinajstić information content (AvgIpc) is 2.08. The van der Waals surface area contributed by atoms with Gasteiger partial charge in [-0.05, 0) is 0 Å². The monoisotopic (exact) mass is 185 g/mol. The maximum absolute atomic E-state index is 5.41. The molecular weight excluding hydrogens is 184 g/mol. The maximum atomic E-state index is 5.41. The van der Waals surface area contributed by atoms with E-state index in [9.17, 15) is 0 Å². The molecule has 0 fully saturated rings. The van der Waals surface area contributed by atoms with Crippen LogP contribution >= 0.6 is 34.8 Å². The third-order valence-electron chi connectivity index (χ3n) is 0.728. The predicted octanol–water partition coefficient (Wildman–Crippen LogP) is 2.50. The molecule has 1 rings (SSSR count). The van der Waals surface area contributed by atoms with Crippen LogP contribution in [0.15, 0.2) is 16.9 Å². The smallest absolute Gasteiger partial charge is 0.235 e. The molecule has 0 saturated heterocycles. The second-order valence-corrected chi connectivity index (χ2v) is 3.66. The fourth-order valence-electron chi connectivity index (χ4n) is 0.359. The van der Waals surface area contributed by atoms with Crippen molar-refractivity contribution in [1.82, 2.24) is 5.16 Å². The summed E-state index contributed by atoms with van der Waals surface area (Å²) in [5.74, 6) is 0. The fraction of sp³-hybridized carbons (Fsp3) is 0.250. The van der Waals surface area contributed by atoms with Gasteiger partial charge in [-0.25, -0.2) is 0 Å². The van der Waals surface area contributed by atoms with Crippen LogP contribution in [0.5, 0.6) is 0 Å². The third kappa shape index (κ3) is 1.75. The zero-order chi connectivity index (χ0) is 6.91. The molecular formula is C4H2Cl3NO. The summed E-state index contributed by atoms with van der Waals surface area (Å²) in [7, 11) is 0. The Balaban J connectivity index is 2.90. The van der Waals surface area contributed by atoms with Gasteiger partial charge >= 0.3 is 0 Å². The minimum Gasteiger partial charge on any atom is -0.364 e. The molecule has 0 aliphatic rings. The molecule has 0 atom stereocenters. The van der Waals surface area contributed by atoms with Crippen molar-refractivity contribution in [3.05, 3.63) is 18.0 Å². The van der Waals surface area contributed by atoms with Crippen molar-refractivity contribution in [1.29, 1.82) is 0 Å². The Morgan fingerprint density at radius 2 is 2.11 bits per heavy atom. The van der Waals surface area contributed by atoms with E-state index in [0.717, 1.165) is 0 Å². The molecule has 5 heteroatoms. The molecule has 0 aliphatic carbocycles. The molecule has 0 aliphatic heterocycles. The second-order valence-electron chi connectivity index (χ2n) is 1.38. The van der Waals surface area contributed by atoms with Crippen LogP contribution < -0.4 is 0 Å². The quantitative estimate of drug-likeness (QED) is 0.582. The van der Waals surface area contributed by atoms with E-state index >= 15 is 0 Å². The summed E-state index contributed by atoms with van der Waals surface area (Å²) < 4.78 is 2.97. The Labute approximate surface area is 66.7 Å². The topological polar surface area (TPSA) is 26.0 Å². The lowest BCUT2D eigenvalue weighted by molar-refractivity contribution is 0.412. The molecule has 1 aromatic rings. The molecule has 0 amide bonds. The highest BCUT2D eigenvalue weighted by molar-refractivity contribution is 6.66. The number of nitrogens with zero attached hydrogens (tertiary/aromatic N) is 1. The van der Waals surface area contributed by atoms with Crippen LogP contribution in [0.2, 0.25) is 0 Å². The number of halogens is 3. The highest BCUT2D eigenvalue weighted by Crippen LogP contribution is 2.36. The van der Waals surface area contributed by atoms with E-state index in [1.807, 2.05) is 0 Å². The van der Waals surface area contributed by atoms with E-state index in [1.165, 1.54) is 12.3 Å². The van der Waals surface area contributed by atoms with Gasteiger partial charge in [0, 0.05) is 6.07 Å². The van der Waals surface area contributed by atoms with Crippen molar-refractivity contribution in [2.24, 2.45) is 0 Å². The molecule has 0 N–H and O–H groups in total. The van der Waals surface area contributed by atoms with Gasteiger partial charge in [-0.1, -0.05) is 40.0 Å². The zero-order valence-corrected chi connectivity index (χ0v) is 6.41. The third-order valence-corrected chi connectivity index (χ3v) is 1.31. The van der Waals surface area contributed by atoms with Crippen molar-refractivity contribution < 1.29 is 4.52 Å². The van der Waals surface area contributed by atoms with Gasteiger partial charge < -0.3 is 4.52 Å². The van der Waals surface area contributed by atoms with Crippen LogP contribution in [0.3, 0.4) is 0 Å². The van der Waals surface area contributed by atoms with Gasteiger partial charge in [-0.3, -0.25) is 0 Å². The van der Waals surface area contributed by atoms with E-state index in [1.54, 1.807) is 0 Å². The van der Waals surface area contributed by atoms with E-state index in [4.69, 9.17) is 34.8 Å². The predicted molar refractivity (Wildman–Crippen MR) is 35.7 cm³/mol. The summed E-state index contributed by atoms with van der Waals surface area (Å²) >= 11 is 16.2. The lowest BCUT2D eigenvalue weighted by Crippen LogP contribution is -1.98. The van der Waals surface area contributed by atoms with E-state index in [2.05, 4.69) is 9.68 Å². The summed E-state index contributed by atoms with van der Waals surface area (Å²) in [5.41, 5.74) is 0.299. The van der Waals surface area contributed by atoms with Gasteiger partial charge in [0.1, 0.15) is 12.0 Å². The average molecular weight is 186 g/mol. The van der Waals surface area contributed by atoms with Gasteiger partial charge in [0.25, 0.3) is 0 Å². The number of alkyl halides is 3. The molecule has 0 saturated carbocycles. The summed E-state index contributed by atoms with van der Waals surface area (Å²) in [5, 5.41) is 3.42. The van der Waals surface area contributed by atoms with Gasteiger partial charge in [0.2, 0.25) is 3.79 Å². The number of hydrogen-bond acceptors (Lipinski definition) is 2. The van der Waals surface area contributed by atoms with Gasteiger partial charge in [0.15, 0.2) is 0 Å². The van der Waals surface area contributed by atoms with E-state index in [-0.39, 0.29) is 0 Å². The van der Waals surface area contributed by atoms with Crippen molar-refractivity contribution in [2.45, 2.75) is 3.79 Å². The Morgan fingerprint density at radius 1 is 1.44 bits per heavy atom. The van der Waals surface area contributed by atoms with Crippen LogP contribution in [0.1, 0.15) is 5.69 Å². The van der Waals surface area contributed by atoms with Crippen LogP contribution in [0, 0.1) is 0 Å². The summed E-state index contributed by atoms with van der Waals surface area (Å²) in [6.07, 6.45) is 1.34. The van der Waals surface area contributed by atoms with Crippen LogP contribution in [-0.4, -0.2) is 5.16 Å². The lowest BCUT2D eigenvalue weighted by Gasteiger charge is -2.02. The molecule has 0 bridgehead atoms. The standard InChI is InChI=1S/C4H2Cl3NO/c5-4(6,7)3-1-2-9-8-3/h1-2H. The minimum atomic E-state index is -1.47. The zero-order valence-electron chi connectivity index (χ0n) is 4.14.